The lowest BCUT2D eigenvalue weighted by Gasteiger charge is -2.14. The molecule has 0 unspecified atom stereocenters. The molecule has 0 spiro atoms. The average Bonchev–Trinajstić information content (AvgIpc) is 3.02. The van der Waals surface area contributed by atoms with Crippen LogP contribution in [0, 0.1) is 17.5 Å². The van der Waals surface area contributed by atoms with Crippen LogP contribution >= 0.6 is 22.6 Å². The van der Waals surface area contributed by atoms with E-state index in [1.54, 1.807) is 0 Å². The number of nitrogens with zero attached hydrogens (tertiary/aromatic N) is 4. The van der Waals surface area contributed by atoms with Gasteiger partial charge in [-0.05, 0) is 62.6 Å². The molecular formula is C17H27IN4. The van der Waals surface area contributed by atoms with Crippen LogP contribution in [0.2, 0.25) is 0 Å². The van der Waals surface area contributed by atoms with Crippen molar-refractivity contribution >= 4 is 22.6 Å². The van der Waals surface area contributed by atoms with Gasteiger partial charge in [-0.25, -0.2) is 9.97 Å². The molecule has 0 saturated carbocycles. The summed E-state index contributed by atoms with van der Waals surface area (Å²) < 4.78 is 5.77. The van der Waals surface area contributed by atoms with Crippen molar-refractivity contribution in [1.82, 2.24) is 19.1 Å². The molecule has 3 rings (SSSR count). The summed E-state index contributed by atoms with van der Waals surface area (Å²) in [6.45, 7) is 10.8. The van der Waals surface area contributed by atoms with Crippen LogP contribution in [0.3, 0.4) is 0 Å². The highest BCUT2D eigenvalue weighted by atomic mass is 127. The molecule has 122 valence electrons. The molecular weight excluding hydrogens is 387 g/mol. The van der Waals surface area contributed by atoms with Crippen LogP contribution in [-0.2, 0) is 25.9 Å². The van der Waals surface area contributed by atoms with Crippen LogP contribution in [0.1, 0.15) is 56.1 Å². The molecule has 0 aromatic carbocycles. The minimum Gasteiger partial charge on any atom is -0.332 e. The van der Waals surface area contributed by atoms with Gasteiger partial charge in [-0.15, -0.1) is 0 Å². The van der Waals surface area contributed by atoms with Crippen molar-refractivity contribution < 1.29 is 0 Å². The summed E-state index contributed by atoms with van der Waals surface area (Å²) in [5, 5.41) is 0. The Morgan fingerprint density at radius 3 is 2.64 bits per heavy atom. The third-order valence-electron chi connectivity index (χ3n) is 4.20. The van der Waals surface area contributed by atoms with Crippen molar-refractivity contribution in [3.63, 3.8) is 0 Å². The maximum Gasteiger partial charge on any atom is 0.122 e. The molecule has 0 N–H and O–H groups in total. The quantitative estimate of drug-likeness (QED) is 0.703. The maximum absolute atomic E-state index is 4.52. The van der Waals surface area contributed by atoms with Crippen LogP contribution in [0.4, 0.5) is 0 Å². The number of rotatable bonds is 3. The van der Waals surface area contributed by atoms with Crippen LogP contribution in [0.5, 0.6) is 0 Å². The first-order chi connectivity index (χ1) is 10.6. The summed E-state index contributed by atoms with van der Waals surface area (Å²) in [5.41, 5.74) is 2.62. The molecule has 0 amide bonds. The van der Waals surface area contributed by atoms with Crippen molar-refractivity contribution in [3.05, 3.63) is 32.9 Å². The Morgan fingerprint density at radius 2 is 2.00 bits per heavy atom. The standard InChI is InChI=1S/C9H15IN2.C8H12N2/c1-4-6-8-11-9(10)7(3)12(8)5-2;1-7-6-9-8-4-2-3-5-10(7)8/h4-6H2,1-3H3;6H,2-5H2,1H3. The number of imidazole rings is 2. The maximum atomic E-state index is 4.52. The van der Waals surface area contributed by atoms with E-state index in [1.807, 2.05) is 6.20 Å². The van der Waals surface area contributed by atoms with E-state index < -0.39 is 0 Å². The van der Waals surface area contributed by atoms with Crippen molar-refractivity contribution in [3.8, 4) is 0 Å². The van der Waals surface area contributed by atoms with E-state index in [2.05, 4.69) is 69.4 Å². The summed E-state index contributed by atoms with van der Waals surface area (Å²) in [7, 11) is 0. The van der Waals surface area contributed by atoms with E-state index in [4.69, 9.17) is 0 Å². The minimum absolute atomic E-state index is 1.04. The molecule has 0 radical (unpaired) electrons. The monoisotopic (exact) mass is 414 g/mol. The van der Waals surface area contributed by atoms with Gasteiger partial charge in [-0.2, -0.15) is 0 Å². The minimum atomic E-state index is 1.04. The molecule has 4 nitrogen and oxygen atoms in total. The lowest BCUT2D eigenvalue weighted by molar-refractivity contribution is 0.514. The van der Waals surface area contributed by atoms with Gasteiger partial charge in [0.05, 0.1) is 0 Å². The van der Waals surface area contributed by atoms with Gasteiger partial charge in [-0.1, -0.05) is 6.92 Å². The van der Waals surface area contributed by atoms with Gasteiger partial charge in [0, 0.05) is 43.5 Å². The number of hydrogen-bond donors (Lipinski definition) is 0. The SMILES string of the molecule is CCCc1nc(I)c(C)n1CC.Cc1cnc2n1CCCC2. The molecule has 3 heterocycles. The summed E-state index contributed by atoms with van der Waals surface area (Å²) in [6.07, 6.45) is 8.05. The highest BCUT2D eigenvalue weighted by Gasteiger charge is 2.10. The number of aromatic nitrogens is 4. The predicted molar refractivity (Wildman–Crippen MR) is 99.3 cm³/mol. The molecule has 2 aromatic heterocycles. The Balaban J connectivity index is 0.000000162. The van der Waals surface area contributed by atoms with E-state index in [0.717, 1.165) is 16.7 Å². The fraction of sp³-hybridized carbons (Fsp3) is 0.647. The molecule has 1 aliphatic heterocycles. The lowest BCUT2D eigenvalue weighted by atomic mass is 10.2. The zero-order valence-electron chi connectivity index (χ0n) is 14.2. The molecule has 22 heavy (non-hydrogen) atoms. The Bertz CT molecular complexity index is 612. The molecule has 2 aromatic rings. The van der Waals surface area contributed by atoms with E-state index in [0.29, 0.717) is 0 Å². The highest BCUT2D eigenvalue weighted by molar-refractivity contribution is 14.1. The largest absolute Gasteiger partial charge is 0.332 e. The first kappa shape index (κ1) is 17.5. The second-order valence-electron chi connectivity index (χ2n) is 5.82. The number of halogens is 1. The molecule has 0 saturated heterocycles. The molecule has 1 aliphatic rings. The average molecular weight is 414 g/mol. The second kappa shape index (κ2) is 8.13. The zero-order valence-corrected chi connectivity index (χ0v) is 16.4. The van der Waals surface area contributed by atoms with Crippen LogP contribution in [-0.4, -0.2) is 19.1 Å². The fourth-order valence-corrected chi connectivity index (χ4v) is 3.53. The summed E-state index contributed by atoms with van der Waals surface area (Å²) in [4.78, 5) is 8.84. The van der Waals surface area contributed by atoms with Crippen LogP contribution in [0.15, 0.2) is 6.20 Å². The number of hydrogen-bond acceptors (Lipinski definition) is 2. The van der Waals surface area contributed by atoms with Gasteiger partial charge in [-0.3, -0.25) is 0 Å². The Labute approximate surface area is 147 Å². The van der Waals surface area contributed by atoms with Crippen molar-refractivity contribution in [2.24, 2.45) is 0 Å². The number of aryl methyl sites for hydroxylation is 3. The first-order valence-corrected chi connectivity index (χ1v) is 9.38. The van der Waals surface area contributed by atoms with Gasteiger partial charge < -0.3 is 9.13 Å². The number of fused-ring (bicyclic) bond motifs is 1. The van der Waals surface area contributed by atoms with E-state index >= 15 is 0 Å². The zero-order chi connectivity index (χ0) is 16.1. The highest BCUT2D eigenvalue weighted by Crippen LogP contribution is 2.15. The predicted octanol–water partition coefficient (Wildman–Crippen LogP) is 4.30. The third kappa shape index (κ3) is 3.91. The second-order valence-corrected chi connectivity index (χ2v) is 6.84. The van der Waals surface area contributed by atoms with Crippen molar-refractivity contribution in [1.29, 1.82) is 0 Å². The fourth-order valence-electron chi connectivity index (χ4n) is 2.96. The van der Waals surface area contributed by atoms with Crippen molar-refractivity contribution in [2.75, 3.05) is 0 Å². The topological polar surface area (TPSA) is 35.6 Å². The van der Waals surface area contributed by atoms with Gasteiger partial charge >= 0.3 is 0 Å². The Hall–Kier alpha value is -0.850. The smallest absolute Gasteiger partial charge is 0.122 e. The van der Waals surface area contributed by atoms with Crippen LogP contribution in [0.25, 0.3) is 0 Å². The van der Waals surface area contributed by atoms with Gasteiger partial charge in [0.25, 0.3) is 0 Å². The molecule has 0 atom stereocenters. The lowest BCUT2D eigenvalue weighted by Crippen LogP contribution is -2.11. The molecule has 5 heteroatoms. The van der Waals surface area contributed by atoms with E-state index in [-0.39, 0.29) is 0 Å². The summed E-state index contributed by atoms with van der Waals surface area (Å²) >= 11 is 2.30. The van der Waals surface area contributed by atoms with E-state index in [9.17, 15) is 0 Å². The third-order valence-corrected chi connectivity index (χ3v) is 5.22. The Kier molecular flexibility index (Phi) is 6.47. The summed E-state index contributed by atoms with van der Waals surface area (Å²) in [5.74, 6) is 2.52. The van der Waals surface area contributed by atoms with E-state index in [1.165, 1.54) is 55.3 Å². The first-order valence-electron chi connectivity index (χ1n) is 8.30. The molecule has 0 fully saturated rings. The van der Waals surface area contributed by atoms with Gasteiger partial charge in [0.15, 0.2) is 0 Å². The summed E-state index contributed by atoms with van der Waals surface area (Å²) in [6, 6.07) is 0. The Morgan fingerprint density at radius 1 is 1.23 bits per heavy atom. The van der Waals surface area contributed by atoms with Crippen molar-refractivity contribution in [2.45, 2.75) is 72.9 Å². The van der Waals surface area contributed by atoms with Crippen LogP contribution < -0.4 is 0 Å². The normalized spacial score (nSPS) is 13.5. The van der Waals surface area contributed by atoms with Gasteiger partial charge in [0.1, 0.15) is 15.3 Å². The van der Waals surface area contributed by atoms with Gasteiger partial charge in [0.2, 0.25) is 0 Å². The molecule has 0 bridgehead atoms. The molecule has 0 aliphatic carbocycles.